The van der Waals surface area contributed by atoms with Crippen LogP contribution in [0.4, 0.5) is 5.69 Å². The lowest BCUT2D eigenvalue weighted by Crippen LogP contribution is -2.28. The number of anilines is 1. The Bertz CT molecular complexity index is 932. The molecule has 6 heteroatoms. The highest BCUT2D eigenvalue weighted by Crippen LogP contribution is 2.29. The topological polar surface area (TPSA) is 73.9 Å². The lowest BCUT2D eigenvalue weighted by atomic mass is 10.0. The molecule has 4 rings (SSSR count). The number of pyridine rings is 1. The first kappa shape index (κ1) is 15.6. The van der Waals surface area contributed by atoms with Crippen molar-refractivity contribution >= 4 is 22.6 Å². The minimum Gasteiger partial charge on any atom is -0.388 e. The van der Waals surface area contributed by atoms with E-state index in [1.807, 2.05) is 43.1 Å². The molecule has 1 aliphatic rings. The molecule has 1 atom stereocenters. The lowest BCUT2D eigenvalue weighted by Gasteiger charge is -2.17. The number of aromatic nitrogens is 3. The lowest BCUT2D eigenvalue weighted by molar-refractivity contribution is 0.0791. The monoisotopic (exact) mass is 335 g/mol. The van der Waals surface area contributed by atoms with Gasteiger partial charge in [0.2, 0.25) is 0 Å². The number of carbonyl (C=O) groups excluding carboxylic acids is 1. The Morgan fingerprint density at radius 1 is 1.32 bits per heavy atom. The van der Waals surface area contributed by atoms with Crippen molar-refractivity contribution in [1.29, 1.82) is 0 Å². The molecule has 25 heavy (non-hydrogen) atoms. The van der Waals surface area contributed by atoms with Crippen LogP contribution in [0.25, 0.3) is 11.0 Å². The predicted molar refractivity (Wildman–Crippen MR) is 97.9 cm³/mol. The third-order valence-corrected chi connectivity index (χ3v) is 4.82. The third kappa shape index (κ3) is 2.95. The van der Waals surface area contributed by atoms with Gasteiger partial charge in [0.15, 0.2) is 0 Å². The Hall–Kier alpha value is -2.89. The van der Waals surface area contributed by atoms with E-state index < -0.39 is 0 Å². The largest absolute Gasteiger partial charge is 0.388 e. The second kappa shape index (κ2) is 6.20. The van der Waals surface area contributed by atoms with E-state index in [-0.39, 0.29) is 11.8 Å². The molecule has 1 saturated heterocycles. The van der Waals surface area contributed by atoms with Gasteiger partial charge in [-0.25, -0.2) is 4.98 Å². The molecule has 2 N–H and O–H groups in total. The van der Waals surface area contributed by atoms with Crippen LogP contribution in [0.5, 0.6) is 0 Å². The van der Waals surface area contributed by atoms with Gasteiger partial charge in [0.05, 0.1) is 17.4 Å². The first-order chi connectivity index (χ1) is 12.1. The average Bonchev–Trinajstić information content (AvgIpc) is 3.29. The molecule has 0 aliphatic carbocycles. The van der Waals surface area contributed by atoms with Crippen LogP contribution in [0.1, 0.15) is 34.1 Å². The van der Waals surface area contributed by atoms with Gasteiger partial charge in [0.25, 0.3) is 5.91 Å². The van der Waals surface area contributed by atoms with Gasteiger partial charge in [-0.05, 0) is 43.7 Å². The number of imidazole rings is 1. The van der Waals surface area contributed by atoms with Crippen LogP contribution in [-0.2, 0) is 0 Å². The van der Waals surface area contributed by atoms with Gasteiger partial charge < -0.3 is 15.2 Å². The van der Waals surface area contributed by atoms with E-state index in [4.69, 9.17) is 0 Å². The van der Waals surface area contributed by atoms with E-state index in [0.29, 0.717) is 12.1 Å². The van der Waals surface area contributed by atoms with Gasteiger partial charge in [0, 0.05) is 48.7 Å². The maximum absolute atomic E-state index is 12.8. The fourth-order valence-electron chi connectivity index (χ4n) is 3.49. The molecule has 3 aromatic rings. The molecule has 1 aromatic carbocycles. The van der Waals surface area contributed by atoms with Crippen molar-refractivity contribution in [2.45, 2.75) is 19.3 Å². The van der Waals surface area contributed by atoms with E-state index in [9.17, 15) is 4.79 Å². The number of likely N-dealkylation sites (tertiary alicyclic amines) is 1. The van der Waals surface area contributed by atoms with E-state index >= 15 is 0 Å². The zero-order valence-electron chi connectivity index (χ0n) is 14.4. The Morgan fingerprint density at radius 3 is 3.04 bits per heavy atom. The minimum absolute atomic E-state index is 0.0699. The number of benzene rings is 1. The van der Waals surface area contributed by atoms with E-state index in [0.717, 1.165) is 41.1 Å². The number of amides is 1. The van der Waals surface area contributed by atoms with Crippen molar-refractivity contribution in [1.82, 2.24) is 19.9 Å². The van der Waals surface area contributed by atoms with E-state index in [2.05, 4.69) is 26.3 Å². The molecule has 128 valence electrons. The summed E-state index contributed by atoms with van der Waals surface area (Å²) in [5.41, 5.74) is 5.59. The van der Waals surface area contributed by atoms with Gasteiger partial charge in [-0.15, -0.1) is 0 Å². The highest BCUT2D eigenvalue weighted by Gasteiger charge is 2.29. The van der Waals surface area contributed by atoms with Crippen LogP contribution in [0.2, 0.25) is 0 Å². The van der Waals surface area contributed by atoms with Crippen molar-refractivity contribution in [2.75, 3.05) is 25.5 Å². The number of carbonyl (C=O) groups is 1. The zero-order chi connectivity index (χ0) is 17.4. The summed E-state index contributed by atoms with van der Waals surface area (Å²) in [4.78, 5) is 26.7. The van der Waals surface area contributed by atoms with Crippen LogP contribution in [-0.4, -0.2) is 45.9 Å². The Kier molecular flexibility index (Phi) is 3.87. The Labute approximate surface area is 146 Å². The van der Waals surface area contributed by atoms with E-state index in [1.54, 1.807) is 6.33 Å². The minimum atomic E-state index is 0.0699. The molecule has 0 radical (unpaired) electrons. The summed E-state index contributed by atoms with van der Waals surface area (Å²) in [6.45, 7) is 3.47. The number of rotatable bonds is 3. The molecule has 0 spiro atoms. The van der Waals surface area contributed by atoms with Crippen LogP contribution in [0.3, 0.4) is 0 Å². The summed E-state index contributed by atoms with van der Waals surface area (Å²) in [6.07, 6.45) is 2.59. The van der Waals surface area contributed by atoms with Gasteiger partial charge in [0.1, 0.15) is 0 Å². The van der Waals surface area contributed by atoms with E-state index in [1.165, 1.54) is 0 Å². The highest BCUT2D eigenvalue weighted by atomic mass is 16.2. The summed E-state index contributed by atoms with van der Waals surface area (Å²) in [6, 6.07) is 9.72. The van der Waals surface area contributed by atoms with Crippen LogP contribution < -0.4 is 5.32 Å². The second-order valence-electron chi connectivity index (χ2n) is 6.54. The molecule has 0 bridgehead atoms. The number of nitrogens with one attached hydrogen (secondary N) is 2. The van der Waals surface area contributed by atoms with Gasteiger partial charge >= 0.3 is 0 Å². The van der Waals surface area contributed by atoms with Crippen LogP contribution >= 0.6 is 0 Å². The zero-order valence-corrected chi connectivity index (χ0v) is 14.4. The number of nitrogens with zero attached hydrogens (tertiary/aromatic N) is 3. The van der Waals surface area contributed by atoms with Gasteiger partial charge in [-0.2, -0.15) is 0 Å². The SMILES string of the molecule is CNc1cc(C)nc(C2CCN(C(=O)c3ccc4nc[nH]c4c3)C2)c1. The molecule has 2 aromatic heterocycles. The molecule has 1 aliphatic heterocycles. The third-order valence-electron chi connectivity index (χ3n) is 4.82. The van der Waals surface area contributed by atoms with Crippen molar-refractivity contribution < 1.29 is 4.79 Å². The Balaban J connectivity index is 1.53. The summed E-state index contributed by atoms with van der Waals surface area (Å²) in [5, 5.41) is 3.18. The molecular formula is C19H21N5O. The van der Waals surface area contributed by atoms with Crippen molar-refractivity contribution in [3.05, 3.63) is 53.6 Å². The van der Waals surface area contributed by atoms with Crippen molar-refractivity contribution in [3.63, 3.8) is 0 Å². The molecular weight excluding hydrogens is 314 g/mol. The maximum Gasteiger partial charge on any atom is 0.253 e. The highest BCUT2D eigenvalue weighted by molar-refractivity contribution is 5.97. The number of aromatic amines is 1. The molecule has 1 fully saturated rings. The number of hydrogen-bond acceptors (Lipinski definition) is 4. The fourth-order valence-corrected chi connectivity index (χ4v) is 3.49. The summed E-state index contributed by atoms with van der Waals surface area (Å²) >= 11 is 0. The normalized spacial score (nSPS) is 17.2. The summed E-state index contributed by atoms with van der Waals surface area (Å²) < 4.78 is 0. The number of H-pyrrole nitrogens is 1. The van der Waals surface area contributed by atoms with Crippen LogP contribution in [0.15, 0.2) is 36.7 Å². The molecule has 6 nitrogen and oxygen atoms in total. The summed E-state index contributed by atoms with van der Waals surface area (Å²) in [7, 11) is 1.91. The number of fused-ring (bicyclic) bond motifs is 1. The molecule has 0 saturated carbocycles. The quantitative estimate of drug-likeness (QED) is 0.772. The first-order valence-electron chi connectivity index (χ1n) is 8.53. The van der Waals surface area contributed by atoms with Crippen molar-refractivity contribution in [3.8, 4) is 0 Å². The molecule has 3 heterocycles. The second-order valence-corrected chi connectivity index (χ2v) is 6.54. The first-order valence-corrected chi connectivity index (χ1v) is 8.53. The van der Waals surface area contributed by atoms with Crippen LogP contribution in [0, 0.1) is 6.92 Å². The van der Waals surface area contributed by atoms with Gasteiger partial charge in [-0.1, -0.05) is 0 Å². The summed E-state index contributed by atoms with van der Waals surface area (Å²) in [5.74, 6) is 0.354. The molecule has 1 amide bonds. The van der Waals surface area contributed by atoms with Gasteiger partial charge in [-0.3, -0.25) is 9.78 Å². The smallest absolute Gasteiger partial charge is 0.253 e. The Morgan fingerprint density at radius 2 is 2.20 bits per heavy atom. The molecule has 1 unspecified atom stereocenters. The van der Waals surface area contributed by atoms with Crippen molar-refractivity contribution in [2.24, 2.45) is 0 Å². The number of aryl methyl sites for hydroxylation is 1. The number of hydrogen-bond donors (Lipinski definition) is 2. The predicted octanol–water partition coefficient (Wildman–Crippen LogP) is 2.94. The standard InChI is InChI=1S/C19H21N5O/c1-12-7-15(20-2)9-17(23-12)14-5-6-24(10-14)19(25)13-3-4-16-18(8-13)22-11-21-16/h3-4,7-9,11,14H,5-6,10H2,1-2H3,(H,20,23)(H,21,22). The fraction of sp³-hybridized carbons (Fsp3) is 0.316. The average molecular weight is 335 g/mol. The maximum atomic E-state index is 12.8.